The van der Waals surface area contributed by atoms with Gasteiger partial charge < -0.3 is 15.5 Å². The Morgan fingerprint density at radius 1 is 0.946 bits per heavy atom. The van der Waals surface area contributed by atoms with Crippen molar-refractivity contribution in [1.82, 2.24) is 5.32 Å². The van der Waals surface area contributed by atoms with E-state index in [1.807, 2.05) is 18.2 Å². The summed E-state index contributed by atoms with van der Waals surface area (Å²) in [5.74, 6) is 2.47. The standard InChI is InChI=1S/C31H38FN3O2/c1-20-8-10-35(11-9-20)28-7-6-26(15-27(28)29(36)33-19-21-2-4-25(32)5-3-21)34-30(37)31-16-22-12-23(17-31)14-24(13-22)18-31/h2-7,15,20,22-24H,8-14,16-19H2,1H3,(H,33,36)(H,34,37). The van der Waals surface area contributed by atoms with Crippen LogP contribution >= 0.6 is 0 Å². The van der Waals surface area contributed by atoms with E-state index in [2.05, 4.69) is 22.5 Å². The van der Waals surface area contributed by atoms with Gasteiger partial charge in [0, 0.05) is 31.0 Å². The molecule has 6 heteroatoms. The van der Waals surface area contributed by atoms with E-state index >= 15 is 0 Å². The Morgan fingerprint density at radius 3 is 2.19 bits per heavy atom. The number of amides is 2. The van der Waals surface area contributed by atoms with Crippen molar-refractivity contribution in [2.45, 2.75) is 64.8 Å². The molecule has 37 heavy (non-hydrogen) atoms. The SMILES string of the molecule is CC1CCN(c2ccc(NC(=O)C34CC5CC(CC(C5)C3)C4)cc2C(=O)NCc2ccc(F)cc2)CC1. The average Bonchev–Trinajstić information content (AvgIpc) is 2.88. The van der Waals surface area contributed by atoms with Gasteiger partial charge in [-0.1, -0.05) is 19.1 Å². The zero-order chi connectivity index (χ0) is 25.6. The summed E-state index contributed by atoms with van der Waals surface area (Å²) >= 11 is 0. The minimum Gasteiger partial charge on any atom is -0.371 e. The van der Waals surface area contributed by atoms with Crippen molar-refractivity contribution in [3.63, 3.8) is 0 Å². The zero-order valence-electron chi connectivity index (χ0n) is 21.8. The highest BCUT2D eigenvalue weighted by Crippen LogP contribution is 2.60. The van der Waals surface area contributed by atoms with Gasteiger partial charge in [0.15, 0.2) is 0 Å². The van der Waals surface area contributed by atoms with Gasteiger partial charge in [-0.3, -0.25) is 9.59 Å². The molecule has 2 amide bonds. The molecule has 5 fully saturated rings. The fourth-order valence-electron chi connectivity index (χ4n) is 7.85. The number of nitrogens with zero attached hydrogens (tertiary/aromatic N) is 1. The van der Waals surface area contributed by atoms with Crippen molar-refractivity contribution >= 4 is 23.2 Å². The molecule has 5 aliphatic rings. The molecule has 2 N–H and O–H groups in total. The molecule has 196 valence electrons. The van der Waals surface area contributed by atoms with Crippen LogP contribution in [0, 0.1) is 34.9 Å². The van der Waals surface area contributed by atoms with Gasteiger partial charge in [-0.2, -0.15) is 0 Å². The number of anilines is 2. The zero-order valence-corrected chi connectivity index (χ0v) is 21.8. The molecule has 1 heterocycles. The van der Waals surface area contributed by atoms with Crippen molar-refractivity contribution < 1.29 is 14.0 Å². The van der Waals surface area contributed by atoms with Crippen LogP contribution in [0.4, 0.5) is 15.8 Å². The number of rotatable bonds is 6. The van der Waals surface area contributed by atoms with Gasteiger partial charge >= 0.3 is 0 Å². The third-order valence-corrected chi connectivity index (χ3v) is 9.51. The first-order valence-corrected chi connectivity index (χ1v) is 14.1. The van der Waals surface area contributed by atoms with Gasteiger partial charge in [-0.25, -0.2) is 4.39 Å². The molecule has 2 aromatic carbocycles. The summed E-state index contributed by atoms with van der Waals surface area (Å²) in [4.78, 5) is 29.4. The summed E-state index contributed by atoms with van der Waals surface area (Å²) in [5, 5.41) is 6.24. The number of carbonyl (C=O) groups excluding carboxylic acids is 2. The molecule has 0 radical (unpaired) electrons. The van der Waals surface area contributed by atoms with E-state index in [9.17, 15) is 14.0 Å². The lowest BCUT2D eigenvalue weighted by molar-refractivity contribution is -0.140. The molecule has 0 unspecified atom stereocenters. The van der Waals surface area contributed by atoms with Crippen LogP contribution in [-0.4, -0.2) is 24.9 Å². The maximum atomic E-state index is 13.7. The van der Waals surface area contributed by atoms with Crippen LogP contribution in [-0.2, 0) is 11.3 Å². The fraction of sp³-hybridized carbons (Fsp3) is 0.548. The van der Waals surface area contributed by atoms with E-state index in [1.165, 1.54) is 31.4 Å². The Labute approximate surface area is 219 Å². The topological polar surface area (TPSA) is 61.4 Å². The summed E-state index contributed by atoms with van der Waals surface area (Å²) in [7, 11) is 0. The molecule has 4 bridgehead atoms. The van der Waals surface area contributed by atoms with Gasteiger partial charge in [0.25, 0.3) is 5.91 Å². The number of benzene rings is 2. The van der Waals surface area contributed by atoms with Crippen LogP contribution in [0.25, 0.3) is 0 Å². The second kappa shape index (κ2) is 9.77. The molecule has 0 atom stereocenters. The van der Waals surface area contributed by atoms with Crippen LogP contribution < -0.4 is 15.5 Å². The Hall–Kier alpha value is -2.89. The van der Waals surface area contributed by atoms with Crippen molar-refractivity contribution in [2.24, 2.45) is 29.1 Å². The first-order valence-electron chi connectivity index (χ1n) is 14.1. The van der Waals surface area contributed by atoms with Gasteiger partial charge in [-0.05, 0) is 111 Å². The van der Waals surface area contributed by atoms with E-state index in [0.29, 0.717) is 41.5 Å². The van der Waals surface area contributed by atoms with E-state index < -0.39 is 0 Å². The van der Waals surface area contributed by atoms with Crippen LogP contribution in [0.15, 0.2) is 42.5 Å². The van der Waals surface area contributed by atoms with Gasteiger partial charge in [0.05, 0.1) is 11.0 Å². The first kappa shape index (κ1) is 24.4. The summed E-state index contributed by atoms with van der Waals surface area (Å²) in [5.41, 5.74) is 2.80. The van der Waals surface area contributed by atoms with Crippen molar-refractivity contribution in [1.29, 1.82) is 0 Å². The largest absolute Gasteiger partial charge is 0.371 e. The molecule has 2 aromatic rings. The van der Waals surface area contributed by atoms with Crippen molar-refractivity contribution in [3.8, 4) is 0 Å². The number of carbonyl (C=O) groups is 2. The minimum atomic E-state index is -0.292. The van der Waals surface area contributed by atoms with E-state index in [0.717, 1.165) is 56.4 Å². The van der Waals surface area contributed by atoms with Gasteiger partial charge in [0.1, 0.15) is 5.82 Å². The average molecular weight is 504 g/mol. The van der Waals surface area contributed by atoms with Crippen LogP contribution in [0.3, 0.4) is 0 Å². The van der Waals surface area contributed by atoms with Crippen LogP contribution in [0.1, 0.15) is 74.2 Å². The smallest absolute Gasteiger partial charge is 0.253 e. The van der Waals surface area contributed by atoms with Crippen molar-refractivity contribution in [3.05, 3.63) is 59.4 Å². The second-order valence-electron chi connectivity index (χ2n) is 12.4. The molecule has 7 rings (SSSR count). The van der Waals surface area contributed by atoms with E-state index in [1.54, 1.807) is 12.1 Å². The molecule has 1 saturated heterocycles. The van der Waals surface area contributed by atoms with Crippen molar-refractivity contribution in [2.75, 3.05) is 23.3 Å². The molecule has 0 spiro atoms. The van der Waals surface area contributed by atoms with Crippen LogP contribution in [0.2, 0.25) is 0 Å². The molecular formula is C31H38FN3O2. The quantitative estimate of drug-likeness (QED) is 0.497. The highest BCUT2D eigenvalue weighted by molar-refractivity contribution is 6.02. The minimum absolute atomic E-state index is 0.142. The molecular weight excluding hydrogens is 465 g/mol. The molecule has 4 aliphatic carbocycles. The van der Waals surface area contributed by atoms with E-state index in [-0.39, 0.29) is 23.0 Å². The highest BCUT2D eigenvalue weighted by atomic mass is 19.1. The normalized spacial score (nSPS) is 28.8. The molecule has 4 saturated carbocycles. The lowest BCUT2D eigenvalue weighted by Crippen LogP contribution is -2.51. The number of hydrogen-bond donors (Lipinski definition) is 2. The Balaban J connectivity index is 1.22. The molecule has 1 aliphatic heterocycles. The fourth-order valence-corrected chi connectivity index (χ4v) is 7.85. The summed E-state index contributed by atoms with van der Waals surface area (Å²) < 4.78 is 13.3. The third kappa shape index (κ3) is 4.99. The third-order valence-electron chi connectivity index (χ3n) is 9.51. The number of hydrogen-bond acceptors (Lipinski definition) is 3. The lowest BCUT2D eigenvalue weighted by atomic mass is 9.49. The second-order valence-corrected chi connectivity index (χ2v) is 12.4. The van der Waals surface area contributed by atoms with Gasteiger partial charge in [0.2, 0.25) is 5.91 Å². The molecule has 5 nitrogen and oxygen atoms in total. The number of halogens is 1. The Morgan fingerprint density at radius 2 is 1.57 bits per heavy atom. The summed E-state index contributed by atoms with van der Waals surface area (Å²) in [6.07, 6.45) is 9.14. The van der Waals surface area contributed by atoms with E-state index in [4.69, 9.17) is 0 Å². The Bertz CT molecular complexity index is 1130. The monoisotopic (exact) mass is 503 g/mol. The lowest BCUT2D eigenvalue weighted by Gasteiger charge is -2.55. The summed E-state index contributed by atoms with van der Waals surface area (Å²) in [6, 6.07) is 12.0. The van der Waals surface area contributed by atoms with Gasteiger partial charge in [-0.15, -0.1) is 0 Å². The molecule has 0 aromatic heterocycles. The summed E-state index contributed by atoms with van der Waals surface area (Å²) in [6.45, 7) is 4.42. The Kier molecular flexibility index (Phi) is 6.46. The predicted molar refractivity (Wildman–Crippen MR) is 144 cm³/mol. The first-order chi connectivity index (χ1) is 17.9. The highest BCUT2D eigenvalue weighted by Gasteiger charge is 2.54. The predicted octanol–water partition coefficient (Wildman–Crippen LogP) is 6.15. The van der Waals surface area contributed by atoms with Crippen LogP contribution in [0.5, 0.6) is 0 Å². The maximum absolute atomic E-state index is 13.7. The number of piperidine rings is 1. The maximum Gasteiger partial charge on any atom is 0.253 e. The number of nitrogens with one attached hydrogen (secondary N) is 2.